The lowest BCUT2D eigenvalue weighted by molar-refractivity contribution is -0.0502. The Morgan fingerprint density at radius 1 is 1.42 bits per heavy atom. The summed E-state index contributed by atoms with van der Waals surface area (Å²) in [5.41, 5.74) is 0.0904. The summed E-state index contributed by atoms with van der Waals surface area (Å²) >= 11 is 0. The second kappa shape index (κ2) is 8.94. The van der Waals surface area contributed by atoms with Gasteiger partial charge in [0.25, 0.3) is 5.91 Å². The van der Waals surface area contributed by atoms with E-state index in [0.29, 0.717) is 19.1 Å². The van der Waals surface area contributed by atoms with Crippen molar-refractivity contribution in [2.45, 2.75) is 26.6 Å². The Kier molecular flexibility index (Phi) is 6.93. The Morgan fingerprint density at radius 2 is 2.17 bits per heavy atom. The number of alkyl halides is 2. The summed E-state index contributed by atoms with van der Waals surface area (Å²) in [6, 6.07) is 5.96. The van der Waals surface area contributed by atoms with Gasteiger partial charge in [0.2, 0.25) is 0 Å². The molecule has 0 saturated carbocycles. The number of rotatable bonds is 7. The van der Waals surface area contributed by atoms with E-state index in [4.69, 9.17) is 4.74 Å². The Labute approximate surface area is 140 Å². The molecule has 134 valence electrons. The minimum atomic E-state index is -2.97. The average Bonchev–Trinajstić information content (AvgIpc) is 2.52. The molecule has 1 heterocycles. The molecule has 0 unspecified atom stereocenters. The van der Waals surface area contributed by atoms with Crippen molar-refractivity contribution < 1.29 is 23.0 Å². The summed E-state index contributed by atoms with van der Waals surface area (Å²) in [6.07, 6.45) is -0.107. The zero-order chi connectivity index (χ0) is 17.5. The van der Waals surface area contributed by atoms with Crippen LogP contribution in [0.15, 0.2) is 24.3 Å². The van der Waals surface area contributed by atoms with Crippen LogP contribution in [-0.2, 0) is 4.74 Å². The van der Waals surface area contributed by atoms with Crippen molar-refractivity contribution in [3.05, 3.63) is 29.8 Å². The molecule has 0 aliphatic carbocycles. The van der Waals surface area contributed by atoms with E-state index in [9.17, 15) is 13.6 Å². The van der Waals surface area contributed by atoms with Gasteiger partial charge in [-0.2, -0.15) is 8.78 Å². The number of nitrogens with one attached hydrogen (secondary N) is 1. The molecule has 7 heteroatoms. The molecule has 1 fully saturated rings. The number of ether oxygens (including phenoxy) is 2. The molecule has 1 amide bonds. The van der Waals surface area contributed by atoms with Crippen molar-refractivity contribution in [3.8, 4) is 5.75 Å². The minimum absolute atomic E-state index is 0.0904. The van der Waals surface area contributed by atoms with Crippen molar-refractivity contribution in [2.24, 2.45) is 5.92 Å². The van der Waals surface area contributed by atoms with E-state index in [0.717, 1.165) is 19.6 Å². The highest BCUT2D eigenvalue weighted by atomic mass is 19.3. The molecule has 1 aromatic carbocycles. The largest absolute Gasteiger partial charge is 0.434 e. The van der Waals surface area contributed by atoms with Gasteiger partial charge in [0.05, 0.1) is 18.3 Å². The predicted molar refractivity (Wildman–Crippen MR) is 86.4 cm³/mol. The van der Waals surface area contributed by atoms with Crippen LogP contribution in [-0.4, -0.2) is 56.3 Å². The SMILES string of the molecule is CC(C)CN1CCO[C@@H](CNC(=O)c2ccccc2OC(F)F)C1. The van der Waals surface area contributed by atoms with E-state index >= 15 is 0 Å². The van der Waals surface area contributed by atoms with Gasteiger partial charge in [-0.05, 0) is 18.1 Å². The molecule has 1 N–H and O–H groups in total. The van der Waals surface area contributed by atoms with E-state index < -0.39 is 12.5 Å². The number of halogens is 2. The molecule has 1 aromatic rings. The summed E-state index contributed by atoms with van der Waals surface area (Å²) in [6.45, 7) is 4.91. The fraction of sp³-hybridized carbons (Fsp3) is 0.588. The van der Waals surface area contributed by atoms with E-state index in [1.54, 1.807) is 12.1 Å². The molecule has 0 aromatic heterocycles. The number of hydrogen-bond acceptors (Lipinski definition) is 4. The van der Waals surface area contributed by atoms with Gasteiger partial charge in [0.1, 0.15) is 5.75 Å². The first-order valence-corrected chi connectivity index (χ1v) is 8.11. The average molecular weight is 342 g/mol. The van der Waals surface area contributed by atoms with Gasteiger partial charge in [0.15, 0.2) is 0 Å². The van der Waals surface area contributed by atoms with Gasteiger partial charge in [-0.1, -0.05) is 26.0 Å². The quantitative estimate of drug-likeness (QED) is 0.827. The summed E-state index contributed by atoms with van der Waals surface area (Å²) < 4.78 is 34.9. The van der Waals surface area contributed by atoms with Crippen LogP contribution in [0.5, 0.6) is 5.75 Å². The van der Waals surface area contributed by atoms with Crippen molar-refractivity contribution in [2.75, 3.05) is 32.8 Å². The van der Waals surface area contributed by atoms with Crippen LogP contribution in [0, 0.1) is 5.92 Å². The maximum atomic E-state index is 12.4. The van der Waals surface area contributed by atoms with Gasteiger partial charge in [-0.3, -0.25) is 9.69 Å². The highest BCUT2D eigenvalue weighted by molar-refractivity contribution is 5.96. The molecule has 0 bridgehead atoms. The fourth-order valence-electron chi connectivity index (χ4n) is 2.74. The molecule has 0 spiro atoms. The molecule has 1 aliphatic rings. The van der Waals surface area contributed by atoms with Crippen molar-refractivity contribution in [1.29, 1.82) is 0 Å². The number of morpholine rings is 1. The van der Waals surface area contributed by atoms with Crippen LogP contribution < -0.4 is 10.1 Å². The first kappa shape index (κ1) is 18.6. The Balaban J connectivity index is 1.89. The number of benzene rings is 1. The standard InChI is InChI=1S/C17H24F2N2O3/c1-12(2)10-21-7-8-23-13(11-21)9-20-16(22)14-5-3-4-6-15(14)24-17(18)19/h3-6,12-13,17H,7-11H2,1-2H3,(H,20,22)/t13-/m0/s1. The number of carbonyl (C=O) groups is 1. The van der Waals surface area contributed by atoms with Crippen molar-refractivity contribution >= 4 is 5.91 Å². The van der Waals surface area contributed by atoms with E-state index in [1.165, 1.54) is 12.1 Å². The highest BCUT2D eigenvalue weighted by Crippen LogP contribution is 2.20. The maximum Gasteiger partial charge on any atom is 0.387 e. The second-order valence-electron chi connectivity index (χ2n) is 6.23. The third-order valence-corrected chi connectivity index (χ3v) is 3.68. The Hall–Kier alpha value is -1.73. The van der Waals surface area contributed by atoms with Gasteiger partial charge in [-0.15, -0.1) is 0 Å². The normalized spacial score (nSPS) is 18.8. The maximum absolute atomic E-state index is 12.4. The third kappa shape index (κ3) is 5.72. The van der Waals surface area contributed by atoms with Gasteiger partial charge >= 0.3 is 6.61 Å². The summed E-state index contributed by atoms with van der Waals surface area (Å²) in [5, 5.41) is 2.74. The molecular formula is C17H24F2N2O3. The Bertz CT molecular complexity index is 540. The van der Waals surface area contributed by atoms with Gasteiger partial charge in [-0.25, -0.2) is 0 Å². The lowest BCUT2D eigenvalue weighted by atomic mass is 10.1. The van der Waals surface area contributed by atoms with Crippen LogP contribution in [0.3, 0.4) is 0 Å². The van der Waals surface area contributed by atoms with Crippen molar-refractivity contribution in [3.63, 3.8) is 0 Å². The first-order chi connectivity index (χ1) is 11.5. The van der Waals surface area contributed by atoms with Crippen LogP contribution in [0.1, 0.15) is 24.2 Å². The summed E-state index contributed by atoms with van der Waals surface area (Å²) in [5.74, 6) is -0.0106. The molecule has 0 radical (unpaired) electrons. The number of amides is 1. The Morgan fingerprint density at radius 3 is 2.88 bits per heavy atom. The molecule has 1 saturated heterocycles. The number of hydrogen-bond donors (Lipinski definition) is 1. The molecule has 2 rings (SSSR count). The van der Waals surface area contributed by atoms with Crippen LogP contribution in [0.2, 0.25) is 0 Å². The fourth-order valence-corrected chi connectivity index (χ4v) is 2.74. The minimum Gasteiger partial charge on any atom is -0.434 e. The molecule has 1 aliphatic heterocycles. The van der Waals surface area contributed by atoms with Gasteiger partial charge in [0, 0.05) is 26.2 Å². The van der Waals surface area contributed by atoms with Gasteiger partial charge < -0.3 is 14.8 Å². The first-order valence-electron chi connectivity index (χ1n) is 8.11. The second-order valence-corrected chi connectivity index (χ2v) is 6.23. The molecule has 5 nitrogen and oxygen atoms in total. The lowest BCUT2D eigenvalue weighted by Crippen LogP contribution is -2.48. The number of para-hydroxylation sites is 1. The topological polar surface area (TPSA) is 50.8 Å². The van der Waals surface area contributed by atoms with Crippen LogP contribution in [0.4, 0.5) is 8.78 Å². The molecular weight excluding hydrogens is 318 g/mol. The summed E-state index contributed by atoms with van der Waals surface area (Å²) in [7, 11) is 0. The monoisotopic (exact) mass is 342 g/mol. The summed E-state index contributed by atoms with van der Waals surface area (Å²) in [4.78, 5) is 14.5. The zero-order valence-electron chi connectivity index (χ0n) is 14.0. The van der Waals surface area contributed by atoms with Crippen molar-refractivity contribution in [1.82, 2.24) is 10.2 Å². The number of carbonyl (C=O) groups excluding carboxylic acids is 1. The highest BCUT2D eigenvalue weighted by Gasteiger charge is 2.22. The lowest BCUT2D eigenvalue weighted by Gasteiger charge is -2.34. The molecule has 24 heavy (non-hydrogen) atoms. The van der Waals surface area contributed by atoms with Crippen LogP contribution in [0.25, 0.3) is 0 Å². The van der Waals surface area contributed by atoms with Crippen LogP contribution >= 0.6 is 0 Å². The van der Waals surface area contributed by atoms with E-state index in [1.807, 2.05) is 0 Å². The van der Waals surface area contributed by atoms with E-state index in [-0.39, 0.29) is 17.4 Å². The molecule has 1 atom stereocenters. The van der Waals surface area contributed by atoms with E-state index in [2.05, 4.69) is 28.8 Å². The predicted octanol–water partition coefficient (Wildman–Crippen LogP) is 2.37. The zero-order valence-corrected chi connectivity index (χ0v) is 14.0. The third-order valence-electron chi connectivity index (χ3n) is 3.68. The smallest absolute Gasteiger partial charge is 0.387 e. The number of nitrogens with zero attached hydrogens (tertiary/aromatic N) is 1.